The molecule has 0 bridgehead atoms. The van der Waals surface area contributed by atoms with Crippen molar-refractivity contribution >= 4 is 5.57 Å². The van der Waals surface area contributed by atoms with Crippen molar-refractivity contribution in [2.45, 2.75) is 6.42 Å². The third kappa shape index (κ3) is 1.98. The van der Waals surface area contributed by atoms with E-state index in [1.165, 1.54) is 6.26 Å². The lowest BCUT2D eigenvalue weighted by Crippen LogP contribution is -2.04. The molecule has 0 saturated heterocycles. The van der Waals surface area contributed by atoms with Crippen molar-refractivity contribution in [3.63, 3.8) is 0 Å². The third-order valence-electron chi connectivity index (χ3n) is 2.15. The van der Waals surface area contributed by atoms with Gasteiger partial charge in [-0.15, -0.1) is 0 Å². The van der Waals surface area contributed by atoms with Crippen LogP contribution in [0.1, 0.15) is 11.5 Å². The first kappa shape index (κ1) is 10.1. The second kappa shape index (κ2) is 4.41. The molecule has 0 fully saturated rings. The minimum absolute atomic E-state index is 0.349. The van der Waals surface area contributed by atoms with Gasteiger partial charge in [-0.2, -0.15) is 5.26 Å². The fourth-order valence-electron chi connectivity index (χ4n) is 1.40. The summed E-state index contributed by atoms with van der Waals surface area (Å²) in [5.74, 6) is 1.20. The van der Waals surface area contributed by atoms with Crippen molar-refractivity contribution in [3.05, 3.63) is 54.0 Å². The number of furan rings is 2. The molecule has 2 heterocycles. The molecule has 0 amide bonds. The Kier molecular flexibility index (Phi) is 2.79. The van der Waals surface area contributed by atoms with Gasteiger partial charge < -0.3 is 14.6 Å². The Morgan fingerprint density at radius 2 is 2.00 bits per heavy atom. The second-order valence-corrected chi connectivity index (χ2v) is 3.25. The standard InChI is InChI=1S/C12H10N2O2/c13-8-10(12-4-2-6-16-12)11(14)7-9-3-1-5-15-9/h1-6H,7,14H2/b11-10+. The van der Waals surface area contributed by atoms with Gasteiger partial charge in [0.1, 0.15) is 23.2 Å². The summed E-state index contributed by atoms with van der Waals surface area (Å²) in [7, 11) is 0. The van der Waals surface area contributed by atoms with Gasteiger partial charge in [0.05, 0.1) is 12.5 Å². The van der Waals surface area contributed by atoms with Crippen molar-refractivity contribution in [2.24, 2.45) is 5.73 Å². The lowest BCUT2D eigenvalue weighted by molar-refractivity contribution is 0.518. The van der Waals surface area contributed by atoms with Crippen LogP contribution < -0.4 is 5.73 Å². The van der Waals surface area contributed by atoms with Crippen molar-refractivity contribution in [3.8, 4) is 6.07 Å². The summed E-state index contributed by atoms with van der Waals surface area (Å²) < 4.78 is 10.3. The van der Waals surface area contributed by atoms with Crippen molar-refractivity contribution in [2.75, 3.05) is 0 Å². The highest BCUT2D eigenvalue weighted by atomic mass is 16.3. The fourth-order valence-corrected chi connectivity index (χ4v) is 1.40. The summed E-state index contributed by atoms with van der Waals surface area (Å²) in [6.07, 6.45) is 3.48. The molecule has 4 heteroatoms. The normalized spacial score (nSPS) is 11.9. The maximum atomic E-state index is 9.02. The quantitative estimate of drug-likeness (QED) is 0.795. The van der Waals surface area contributed by atoms with Gasteiger partial charge in [0.25, 0.3) is 0 Å². The Hall–Kier alpha value is -2.41. The Bertz CT molecular complexity index is 516. The Morgan fingerprint density at radius 1 is 1.25 bits per heavy atom. The number of nitrogens with two attached hydrogens (primary N) is 1. The van der Waals surface area contributed by atoms with Crippen LogP contribution in [0.5, 0.6) is 0 Å². The van der Waals surface area contributed by atoms with Gasteiger partial charge >= 0.3 is 0 Å². The lowest BCUT2D eigenvalue weighted by atomic mass is 10.1. The number of hydrogen-bond acceptors (Lipinski definition) is 4. The third-order valence-corrected chi connectivity index (χ3v) is 2.15. The summed E-state index contributed by atoms with van der Waals surface area (Å²) in [5.41, 5.74) is 6.63. The number of nitriles is 1. The van der Waals surface area contributed by atoms with Crippen molar-refractivity contribution in [1.82, 2.24) is 0 Å². The van der Waals surface area contributed by atoms with Crippen LogP contribution in [0, 0.1) is 11.3 Å². The van der Waals surface area contributed by atoms with Crippen LogP contribution in [0.2, 0.25) is 0 Å². The second-order valence-electron chi connectivity index (χ2n) is 3.25. The molecular formula is C12H10N2O2. The predicted octanol–water partition coefficient (Wildman–Crippen LogP) is 2.31. The van der Waals surface area contributed by atoms with Gasteiger partial charge in [0.2, 0.25) is 0 Å². The van der Waals surface area contributed by atoms with Crippen LogP contribution in [0.25, 0.3) is 5.57 Å². The van der Waals surface area contributed by atoms with Gasteiger partial charge in [-0.05, 0) is 24.3 Å². The van der Waals surface area contributed by atoms with Crippen LogP contribution in [-0.4, -0.2) is 0 Å². The molecule has 0 saturated carbocycles. The van der Waals surface area contributed by atoms with E-state index < -0.39 is 0 Å². The zero-order valence-corrected chi connectivity index (χ0v) is 8.51. The van der Waals surface area contributed by atoms with Gasteiger partial charge in [0.15, 0.2) is 0 Å². The highest BCUT2D eigenvalue weighted by Crippen LogP contribution is 2.18. The minimum atomic E-state index is 0.349. The monoisotopic (exact) mass is 214 g/mol. The summed E-state index contributed by atoms with van der Waals surface area (Å²) >= 11 is 0. The van der Waals surface area contributed by atoms with E-state index in [4.69, 9.17) is 19.8 Å². The Balaban J connectivity index is 2.29. The number of hydrogen-bond donors (Lipinski definition) is 1. The molecule has 4 nitrogen and oxygen atoms in total. The molecule has 0 spiro atoms. The molecule has 2 aromatic heterocycles. The molecule has 2 rings (SSSR count). The highest BCUT2D eigenvalue weighted by Gasteiger charge is 2.10. The van der Waals surface area contributed by atoms with Crippen LogP contribution in [-0.2, 0) is 6.42 Å². The topological polar surface area (TPSA) is 76.1 Å². The van der Waals surface area contributed by atoms with Crippen LogP contribution in [0.15, 0.2) is 51.3 Å². The van der Waals surface area contributed by atoms with E-state index in [0.717, 1.165) is 5.76 Å². The van der Waals surface area contributed by atoms with Crippen LogP contribution >= 0.6 is 0 Å². The van der Waals surface area contributed by atoms with E-state index >= 15 is 0 Å². The molecule has 0 aliphatic rings. The Labute approximate surface area is 92.6 Å². The largest absolute Gasteiger partial charge is 0.469 e. The molecule has 2 N–H and O–H groups in total. The Morgan fingerprint density at radius 3 is 2.56 bits per heavy atom. The van der Waals surface area contributed by atoms with Gasteiger partial charge in [-0.25, -0.2) is 0 Å². The van der Waals surface area contributed by atoms with E-state index in [-0.39, 0.29) is 0 Å². The molecule has 0 atom stereocenters. The van der Waals surface area contributed by atoms with Gasteiger partial charge in [0, 0.05) is 12.1 Å². The van der Waals surface area contributed by atoms with E-state index in [1.54, 1.807) is 24.5 Å². The SMILES string of the molecule is N#C/C(=C(\N)Cc1ccco1)c1ccco1. The number of nitrogens with zero attached hydrogens (tertiary/aromatic N) is 1. The molecule has 0 aliphatic heterocycles. The van der Waals surface area contributed by atoms with E-state index in [1.807, 2.05) is 12.1 Å². The molecular weight excluding hydrogens is 204 g/mol. The maximum Gasteiger partial charge on any atom is 0.146 e. The molecule has 0 unspecified atom stereocenters. The smallest absolute Gasteiger partial charge is 0.146 e. The van der Waals surface area contributed by atoms with Crippen LogP contribution in [0.4, 0.5) is 0 Å². The molecule has 0 aliphatic carbocycles. The first-order valence-electron chi connectivity index (χ1n) is 4.76. The zero-order chi connectivity index (χ0) is 11.4. The van der Waals surface area contributed by atoms with Gasteiger partial charge in [-0.1, -0.05) is 0 Å². The predicted molar refractivity (Wildman–Crippen MR) is 57.8 cm³/mol. The lowest BCUT2D eigenvalue weighted by Gasteiger charge is -2.01. The van der Waals surface area contributed by atoms with E-state index in [0.29, 0.717) is 23.5 Å². The number of rotatable bonds is 3. The van der Waals surface area contributed by atoms with E-state index in [9.17, 15) is 0 Å². The van der Waals surface area contributed by atoms with Gasteiger partial charge in [-0.3, -0.25) is 0 Å². The number of allylic oxidation sites excluding steroid dienone is 2. The fraction of sp³-hybridized carbons (Fsp3) is 0.0833. The highest BCUT2D eigenvalue weighted by molar-refractivity contribution is 5.76. The molecule has 16 heavy (non-hydrogen) atoms. The first-order valence-corrected chi connectivity index (χ1v) is 4.76. The average molecular weight is 214 g/mol. The summed E-state index contributed by atoms with van der Waals surface area (Å²) in [5, 5.41) is 9.02. The summed E-state index contributed by atoms with van der Waals surface area (Å²) in [4.78, 5) is 0. The molecule has 0 aromatic carbocycles. The van der Waals surface area contributed by atoms with Crippen molar-refractivity contribution < 1.29 is 8.83 Å². The van der Waals surface area contributed by atoms with Crippen LogP contribution in [0.3, 0.4) is 0 Å². The minimum Gasteiger partial charge on any atom is -0.469 e. The van der Waals surface area contributed by atoms with Crippen molar-refractivity contribution in [1.29, 1.82) is 5.26 Å². The summed E-state index contributed by atoms with van der Waals surface area (Å²) in [6.45, 7) is 0. The average Bonchev–Trinajstić information content (AvgIpc) is 2.91. The summed E-state index contributed by atoms with van der Waals surface area (Å²) in [6, 6.07) is 9.04. The molecule has 0 radical (unpaired) electrons. The maximum absolute atomic E-state index is 9.02. The van der Waals surface area contributed by atoms with E-state index in [2.05, 4.69) is 0 Å². The molecule has 80 valence electrons. The zero-order valence-electron chi connectivity index (χ0n) is 8.51. The molecule has 2 aromatic rings. The first-order chi connectivity index (χ1) is 7.81.